The number of aldehydes is 1. The summed E-state index contributed by atoms with van der Waals surface area (Å²) in [5, 5.41) is 1.98. The molecule has 2 aromatic rings. The first-order chi connectivity index (χ1) is 8.70. The van der Waals surface area contributed by atoms with Crippen LogP contribution in [0.5, 0.6) is 5.75 Å². The Morgan fingerprint density at radius 2 is 2.22 bits per heavy atom. The Morgan fingerprint density at radius 3 is 2.83 bits per heavy atom. The van der Waals surface area contributed by atoms with Crippen LogP contribution in [0.2, 0.25) is 0 Å². The Bertz CT molecular complexity index is 558. The minimum atomic E-state index is -0.0748. The summed E-state index contributed by atoms with van der Waals surface area (Å²) in [5.41, 5.74) is 1.43. The second-order valence-corrected chi connectivity index (χ2v) is 4.79. The number of hydrogen-bond acceptors (Lipinski definition) is 4. The summed E-state index contributed by atoms with van der Waals surface area (Å²) in [6.07, 6.45) is 0.743. The highest BCUT2D eigenvalue weighted by atomic mass is 32.1. The molecule has 1 heterocycles. The third-order valence-electron chi connectivity index (χ3n) is 2.37. The molecule has 0 unspecified atom stereocenters. The van der Waals surface area contributed by atoms with E-state index in [1.807, 2.05) is 23.6 Å². The van der Waals surface area contributed by atoms with E-state index in [2.05, 4.69) is 0 Å². The molecule has 0 saturated heterocycles. The number of hydrogen-bond donors (Lipinski definition) is 0. The molecule has 0 aliphatic carbocycles. The maximum absolute atomic E-state index is 11.0. The summed E-state index contributed by atoms with van der Waals surface area (Å²) in [5.74, 6) is 0.370. The monoisotopic (exact) mass is 260 g/mol. The maximum Gasteiger partial charge on any atom is 0.167 e. The van der Waals surface area contributed by atoms with E-state index >= 15 is 0 Å². The molecule has 0 bridgehead atoms. The molecule has 4 heteroatoms. The van der Waals surface area contributed by atoms with Crippen LogP contribution in [0.4, 0.5) is 0 Å². The Labute approximate surface area is 109 Å². The molecule has 1 aromatic carbocycles. The van der Waals surface area contributed by atoms with E-state index < -0.39 is 0 Å². The van der Waals surface area contributed by atoms with Gasteiger partial charge in [0.25, 0.3) is 0 Å². The van der Waals surface area contributed by atoms with E-state index in [-0.39, 0.29) is 12.4 Å². The first kappa shape index (κ1) is 12.5. The van der Waals surface area contributed by atoms with Gasteiger partial charge < -0.3 is 4.74 Å². The van der Waals surface area contributed by atoms with Crippen molar-refractivity contribution in [3.63, 3.8) is 0 Å². The Hall–Kier alpha value is -1.94. The minimum Gasteiger partial charge on any atom is -0.485 e. The number of rotatable bonds is 5. The fraction of sp³-hybridized carbons (Fsp3) is 0.143. The van der Waals surface area contributed by atoms with Crippen molar-refractivity contribution in [1.29, 1.82) is 0 Å². The molecular formula is C14H12O3S. The number of ether oxygens (including phenoxy) is 1. The number of carbonyl (C=O) groups excluding carboxylic acids is 2. The fourth-order valence-corrected chi connectivity index (χ4v) is 2.27. The number of ketones is 1. The fourth-order valence-electron chi connectivity index (χ4n) is 1.55. The summed E-state index contributed by atoms with van der Waals surface area (Å²) < 4.78 is 5.28. The molecule has 0 amide bonds. The van der Waals surface area contributed by atoms with E-state index in [4.69, 9.17) is 4.74 Å². The van der Waals surface area contributed by atoms with E-state index in [0.29, 0.717) is 11.3 Å². The predicted octanol–water partition coefficient (Wildman–Crippen LogP) is 3.20. The summed E-state index contributed by atoms with van der Waals surface area (Å²) in [7, 11) is 0. The lowest BCUT2D eigenvalue weighted by Gasteiger charge is -2.08. The molecule has 3 nitrogen and oxygen atoms in total. The highest BCUT2D eigenvalue weighted by Crippen LogP contribution is 2.28. The second kappa shape index (κ2) is 5.60. The van der Waals surface area contributed by atoms with Gasteiger partial charge in [-0.1, -0.05) is 6.07 Å². The van der Waals surface area contributed by atoms with Crippen molar-refractivity contribution in [3.05, 3.63) is 41.3 Å². The van der Waals surface area contributed by atoms with Crippen molar-refractivity contribution in [1.82, 2.24) is 0 Å². The molecule has 0 fully saturated rings. The van der Waals surface area contributed by atoms with Crippen LogP contribution < -0.4 is 4.74 Å². The van der Waals surface area contributed by atoms with Crippen LogP contribution in [-0.4, -0.2) is 18.7 Å². The zero-order valence-electron chi connectivity index (χ0n) is 9.88. The SMILES string of the molecule is CC(=O)COc1ccc(-c2cccs2)cc1C=O. The van der Waals surface area contributed by atoms with Gasteiger partial charge in [0.15, 0.2) is 12.1 Å². The standard InChI is InChI=1S/C14H12O3S/c1-10(16)9-17-13-5-4-11(7-12(13)8-15)14-3-2-6-18-14/h2-8H,9H2,1H3. The molecule has 1 aromatic heterocycles. The van der Waals surface area contributed by atoms with Gasteiger partial charge in [-0.3, -0.25) is 9.59 Å². The third kappa shape index (κ3) is 2.84. The summed E-state index contributed by atoms with van der Waals surface area (Å²) >= 11 is 1.61. The number of benzene rings is 1. The predicted molar refractivity (Wildman–Crippen MR) is 71.3 cm³/mol. The zero-order valence-corrected chi connectivity index (χ0v) is 10.7. The van der Waals surface area contributed by atoms with Gasteiger partial charge in [-0.15, -0.1) is 11.3 Å². The van der Waals surface area contributed by atoms with Crippen LogP contribution >= 0.6 is 11.3 Å². The summed E-state index contributed by atoms with van der Waals surface area (Å²) in [6.45, 7) is 1.43. The van der Waals surface area contributed by atoms with Gasteiger partial charge in [0.05, 0.1) is 5.56 Å². The molecule has 0 saturated carbocycles. The van der Waals surface area contributed by atoms with Crippen LogP contribution in [0.25, 0.3) is 10.4 Å². The number of carbonyl (C=O) groups is 2. The molecule has 92 valence electrons. The molecule has 0 radical (unpaired) electrons. The van der Waals surface area contributed by atoms with Crippen LogP contribution in [0.3, 0.4) is 0 Å². The van der Waals surface area contributed by atoms with Crippen LogP contribution in [0.15, 0.2) is 35.7 Å². The van der Waals surface area contributed by atoms with Crippen molar-refractivity contribution >= 4 is 23.4 Å². The van der Waals surface area contributed by atoms with Gasteiger partial charge >= 0.3 is 0 Å². The molecule has 0 spiro atoms. The molecule has 0 aliphatic heterocycles. The average molecular weight is 260 g/mol. The first-order valence-corrected chi connectivity index (χ1v) is 6.34. The Morgan fingerprint density at radius 1 is 1.39 bits per heavy atom. The van der Waals surface area contributed by atoms with Gasteiger partial charge in [-0.05, 0) is 42.1 Å². The van der Waals surface area contributed by atoms with Gasteiger partial charge in [-0.2, -0.15) is 0 Å². The van der Waals surface area contributed by atoms with Gasteiger partial charge in [0.2, 0.25) is 0 Å². The number of Topliss-reactive ketones (excluding diaryl/α,β-unsaturated/α-hetero) is 1. The van der Waals surface area contributed by atoms with Crippen molar-refractivity contribution in [2.24, 2.45) is 0 Å². The average Bonchev–Trinajstić information content (AvgIpc) is 2.90. The number of thiophene rings is 1. The molecule has 2 rings (SSSR count). The quantitative estimate of drug-likeness (QED) is 0.775. The molecule has 0 atom stereocenters. The Balaban J connectivity index is 2.28. The third-order valence-corrected chi connectivity index (χ3v) is 3.29. The van der Waals surface area contributed by atoms with Crippen molar-refractivity contribution in [2.45, 2.75) is 6.92 Å². The van der Waals surface area contributed by atoms with E-state index in [1.54, 1.807) is 23.5 Å². The van der Waals surface area contributed by atoms with Gasteiger partial charge in [-0.25, -0.2) is 0 Å². The van der Waals surface area contributed by atoms with Crippen LogP contribution in [-0.2, 0) is 4.79 Å². The first-order valence-electron chi connectivity index (χ1n) is 5.46. The summed E-state index contributed by atoms with van der Waals surface area (Å²) in [4.78, 5) is 23.0. The van der Waals surface area contributed by atoms with E-state index in [0.717, 1.165) is 16.7 Å². The van der Waals surface area contributed by atoms with Crippen molar-refractivity contribution in [2.75, 3.05) is 6.61 Å². The maximum atomic E-state index is 11.0. The largest absolute Gasteiger partial charge is 0.485 e. The van der Waals surface area contributed by atoms with E-state index in [9.17, 15) is 9.59 Å². The lowest BCUT2D eigenvalue weighted by atomic mass is 10.1. The zero-order chi connectivity index (χ0) is 13.0. The molecule has 0 aliphatic rings. The van der Waals surface area contributed by atoms with Gasteiger partial charge in [0.1, 0.15) is 12.4 Å². The molecular weight excluding hydrogens is 248 g/mol. The van der Waals surface area contributed by atoms with Crippen LogP contribution in [0.1, 0.15) is 17.3 Å². The Kier molecular flexibility index (Phi) is 3.89. The lowest BCUT2D eigenvalue weighted by molar-refractivity contribution is -0.118. The highest BCUT2D eigenvalue weighted by molar-refractivity contribution is 7.13. The minimum absolute atomic E-state index is 0.0147. The topological polar surface area (TPSA) is 43.4 Å². The molecule has 0 N–H and O–H groups in total. The summed E-state index contributed by atoms with van der Waals surface area (Å²) in [6, 6.07) is 9.33. The van der Waals surface area contributed by atoms with Crippen molar-refractivity contribution in [3.8, 4) is 16.2 Å². The highest BCUT2D eigenvalue weighted by Gasteiger charge is 2.07. The van der Waals surface area contributed by atoms with Crippen LogP contribution in [0, 0.1) is 0 Å². The van der Waals surface area contributed by atoms with Crippen molar-refractivity contribution < 1.29 is 14.3 Å². The van der Waals surface area contributed by atoms with E-state index in [1.165, 1.54) is 6.92 Å². The molecule has 18 heavy (non-hydrogen) atoms. The lowest BCUT2D eigenvalue weighted by Crippen LogP contribution is -2.07. The second-order valence-electron chi connectivity index (χ2n) is 3.84. The van der Waals surface area contributed by atoms with Gasteiger partial charge in [0, 0.05) is 4.88 Å². The smallest absolute Gasteiger partial charge is 0.167 e. The normalized spacial score (nSPS) is 10.1.